The summed E-state index contributed by atoms with van der Waals surface area (Å²) in [6.07, 6.45) is 2.18. The van der Waals surface area contributed by atoms with Crippen molar-refractivity contribution in [2.24, 2.45) is 0 Å². The summed E-state index contributed by atoms with van der Waals surface area (Å²) in [6, 6.07) is 5.29. The monoisotopic (exact) mass is 440 g/mol. The molecule has 1 saturated carbocycles. The SMILES string of the molecule is Nn1c(SCC(=O)Nc2nc(-c3ccc(Cl)c(Cl)c3)cs2)nnc1C1CC1. The van der Waals surface area contributed by atoms with Crippen LogP contribution >= 0.6 is 46.3 Å². The second kappa shape index (κ2) is 7.67. The van der Waals surface area contributed by atoms with E-state index in [9.17, 15) is 4.79 Å². The number of nitrogens with zero attached hydrogens (tertiary/aromatic N) is 4. The van der Waals surface area contributed by atoms with Gasteiger partial charge >= 0.3 is 0 Å². The van der Waals surface area contributed by atoms with E-state index in [4.69, 9.17) is 29.0 Å². The number of amides is 1. The quantitative estimate of drug-likeness (QED) is 0.443. The van der Waals surface area contributed by atoms with Crippen LogP contribution in [0, 0.1) is 0 Å². The van der Waals surface area contributed by atoms with Gasteiger partial charge in [0, 0.05) is 16.9 Å². The van der Waals surface area contributed by atoms with Crippen molar-refractivity contribution in [3.63, 3.8) is 0 Å². The van der Waals surface area contributed by atoms with Crippen molar-refractivity contribution in [3.8, 4) is 11.3 Å². The van der Waals surface area contributed by atoms with Gasteiger partial charge in [0.05, 0.1) is 21.5 Å². The Morgan fingerprint density at radius 2 is 2.15 bits per heavy atom. The second-order valence-electron chi connectivity index (χ2n) is 5.99. The molecule has 1 aliphatic rings. The molecular weight excluding hydrogens is 427 g/mol. The highest BCUT2D eigenvalue weighted by atomic mass is 35.5. The Morgan fingerprint density at radius 1 is 1.33 bits per heavy atom. The van der Waals surface area contributed by atoms with Gasteiger partial charge in [-0.1, -0.05) is 41.0 Å². The van der Waals surface area contributed by atoms with Crippen LogP contribution in [-0.2, 0) is 4.79 Å². The zero-order valence-electron chi connectivity index (χ0n) is 13.9. The van der Waals surface area contributed by atoms with Crippen LogP contribution in [0.3, 0.4) is 0 Å². The third-order valence-corrected chi connectivity index (χ3v) is 6.37. The van der Waals surface area contributed by atoms with Crippen LogP contribution < -0.4 is 11.2 Å². The van der Waals surface area contributed by atoms with Crippen LogP contribution in [-0.4, -0.2) is 31.5 Å². The lowest BCUT2D eigenvalue weighted by atomic mass is 10.2. The summed E-state index contributed by atoms with van der Waals surface area (Å²) in [5, 5.41) is 14.8. The smallest absolute Gasteiger partial charge is 0.236 e. The van der Waals surface area contributed by atoms with E-state index >= 15 is 0 Å². The topological polar surface area (TPSA) is 98.7 Å². The number of hydrogen-bond acceptors (Lipinski definition) is 7. The summed E-state index contributed by atoms with van der Waals surface area (Å²) in [7, 11) is 0. The van der Waals surface area contributed by atoms with Crippen LogP contribution in [0.4, 0.5) is 5.13 Å². The van der Waals surface area contributed by atoms with E-state index in [0.717, 1.165) is 29.9 Å². The molecule has 1 aromatic carbocycles. The Bertz CT molecular complexity index is 1000. The fraction of sp³-hybridized carbons (Fsp3) is 0.250. The predicted octanol–water partition coefficient (Wildman–Crippen LogP) is 4.03. The minimum absolute atomic E-state index is 0.168. The number of halogens is 2. The van der Waals surface area contributed by atoms with E-state index in [0.29, 0.717) is 26.3 Å². The molecule has 3 aromatic rings. The molecule has 4 rings (SSSR count). The highest BCUT2D eigenvalue weighted by Crippen LogP contribution is 2.39. The number of carbonyl (C=O) groups excluding carboxylic acids is 1. The Hall–Kier alpha value is -1.81. The van der Waals surface area contributed by atoms with Crippen LogP contribution in [0.1, 0.15) is 24.6 Å². The number of thiazole rings is 1. The number of rotatable bonds is 6. The first-order valence-electron chi connectivity index (χ1n) is 8.05. The molecule has 1 amide bonds. The molecule has 3 N–H and O–H groups in total. The van der Waals surface area contributed by atoms with Crippen molar-refractivity contribution in [1.29, 1.82) is 0 Å². The summed E-state index contributed by atoms with van der Waals surface area (Å²) in [5.74, 6) is 7.15. The number of benzene rings is 1. The second-order valence-corrected chi connectivity index (χ2v) is 8.60. The molecule has 7 nitrogen and oxygen atoms in total. The maximum atomic E-state index is 12.2. The van der Waals surface area contributed by atoms with Gasteiger partial charge < -0.3 is 11.2 Å². The fourth-order valence-electron chi connectivity index (χ4n) is 2.41. The summed E-state index contributed by atoms with van der Waals surface area (Å²) in [6.45, 7) is 0. The number of nitrogens with one attached hydrogen (secondary N) is 1. The van der Waals surface area contributed by atoms with Gasteiger partial charge in [0.1, 0.15) is 0 Å². The summed E-state index contributed by atoms with van der Waals surface area (Å²) >= 11 is 14.6. The first-order valence-corrected chi connectivity index (χ1v) is 10.7. The number of hydrogen-bond donors (Lipinski definition) is 2. The molecule has 0 saturated heterocycles. The summed E-state index contributed by atoms with van der Waals surface area (Å²) in [5.41, 5.74) is 1.55. The van der Waals surface area contributed by atoms with Gasteiger partial charge in [-0.05, 0) is 25.0 Å². The lowest BCUT2D eigenvalue weighted by Gasteiger charge is -2.03. The minimum Gasteiger partial charge on any atom is -0.336 e. The van der Waals surface area contributed by atoms with Crippen molar-refractivity contribution in [2.45, 2.75) is 23.9 Å². The van der Waals surface area contributed by atoms with Gasteiger partial charge in [-0.25, -0.2) is 9.66 Å². The largest absolute Gasteiger partial charge is 0.336 e. The van der Waals surface area contributed by atoms with Gasteiger partial charge in [0.15, 0.2) is 11.0 Å². The standard InChI is InChI=1S/C16H14Cl2N6OS2/c17-10-4-3-9(5-11(10)18)12-6-26-15(20-12)21-13(25)7-27-16-23-22-14(24(16)19)8-1-2-8/h3-6,8H,1-2,7,19H2,(H,20,21,25). The highest BCUT2D eigenvalue weighted by Gasteiger charge is 2.30. The molecule has 0 aliphatic heterocycles. The number of thioether (sulfide) groups is 1. The third-order valence-electron chi connectivity index (χ3n) is 3.93. The third kappa shape index (κ3) is 4.21. The van der Waals surface area contributed by atoms with E-state index in [1.54, 1.807) is 12.1 Å². The molecule has 11 heteroatoms. The van der Waals surface area contributed by atoms with E-state index in [1.165, 1.54) is 27.8 Å². The van der Waals surface area contributed by atoms with Crippen LogP contribution in [0.15, 0.2) is 28.7 Å². The van der Waals surface area contributed by atoms with Crippen molar-refractivity contribution >= 4 is 57.3 Å². The molecule has 2 aromatic heterocycles. The maximum absolute atomic E-state index is 12.2. The molecule has 0 bridgehead atoms. The molecular formula is C16H14Cl2N6OS2. The van der Waals surface area contributed by atoms with Crippen molar-refractivity contribution in [1.82, 2.24) is 19.9 Å². The average Bonchev–Trinajstić information content (AvgIpc) is 3.27. The van der Waals surface area contributed by atoms with Crippen molar-refractivity contribution in [3.05, 3.63) is 39.4 Å². The van der Waals surface area contributed by atoms with Gasteiger partial charge in [-0.15, -0.1) is 21.5 Å². The maximum Gasteiger partial charge on any atom is 0.236 e. The normalized spacial score (nSPS) is 13.7. The Balaban J connectivity index is 1.36. The molecule has 140 valence electrons. The highest BCUT2D eigenvalue weighted by molar-refractivity contribution is 7.99. The summed E-state index contributed by atoms with van der Waals surface area (Å²) < 4.78 is 1.47. The number of nitrogen functional groups attached to an aromatic ring is 1. The lowest BCUT2D eigenvalue weighted by molar-refractivity contribution is -0.113. The Kier molecular flexibility index (Phi) is 5.27. The molecule has 1 fully saturated rings. The van der Waals surface area contributed by atoms with Gasteiger partial charge in [0.2, 0.25) is 11.1 Å². The zero-order chi connectivity index (χ0) is 19.0. The number of carbonyl (C=O) groups is 1. The molecule has 27 heavy (non-hydrogen) atoms. The van der Waals surface area contributed by atoms with Gasteiger partial charge in [-0.2, -0.15) is 0 Å². The fourth-order valence-corrected chi connectivity index (χ4v) is 4.11. The first kappa shape index (κ1) is 18.5. The molecule has 0 spiro atoms. The van der Waals surface area contributed by atoms with E-state index in [2.05, 4.69) is 20.5 Å². The molecule has 0 radical (unpaired) electrons. The van der Waals surface area contributed by atoms with Crippen LogP contribution in [0.25, 0.3) is 11.3 Å². The van der Waals surface area contributed by atoms with Crippen LogP contribution in [0.5, 0.6) is 0 Å². The van der Waals surface area contributed by atoms with Crippen LogP contribution in [0.2, 0.25) is 10.0 Å². The number of nitrogens with two attached hydrogens (primary N) is 1. The average molecular weight is 441 g/mol. The predicted molar refractivity (Wildman–Crippen MR) is 109 cm³/mol. The first-order chi connectivity index (χ1) is 13.0. The lowest BCUT2D eigenvalue weighted by Crippen LogP contribution is -2.17. The van der Waals surface area contributed by atoms with Crippen molar-refractivity contribution in [2.75, 3.05) is 16.9 Å². The molecule has 0 atom stereocenters. The van der Waals surface area contributed by atoms with Crippen molar-refractivity contribution < 1.29 is 4.79 Å². The number of aromatic nitrogens is 4. The van der Waals surface area contributed by atoms with E-state index < -0.39 is 0 Å². The van der Waals surface area contributed by atoms with E-state index in [-0.39, 0.29) is 11.7 Å². The molecule has 1 aliphatic carbocycles. The van der Waals surface area contributed by atoms with E-state index in [1.807, 2.05) is 11.4 Å². The zero-order valence-corrected chi connectivity index (χ0v) is 17.0. The Morgan fingerprint density at radius 3 is 2.89 bits per heavy atom. The Labute approximate surface area is 173 Å². The van der Waals surface area contributed by atoms with Gasteiger partial charge in [-0.3, -0.25) is 4.79 Å². The van der Waals surface area contributed by atoms with Gasteiger partial charge in [0.25, 0.3) is 0 Å². The molecule has 0 unspecified atom stereocenters. The molecule has 2 heterocycles. The summed E-state index contributed by atoms with van der Waals surface area (Å²) in [4.78, 5) is 16.6. The number of anilines is 1. The minimum atomic E-state index is -0.189.